The predicted molar refractivity (Wildman–Crippen MR) is 69.4 cm³/mol. The van der Waals surface area contributed by atoms with Gasteiger partial charge in [-0.25, -0.2) is 0 Å². The Morgan fingerprint density at radius 2 is 2.24 bits per heavy atom. The van der Waals surface area contributed by atoms with Crippen molar-refractivity contribution < 1.29 is 9.00 Å². The van der Waals surface area contributed by atoms with Crippen LogP contribution in [0.15, 0.2) is 29.2 Å². The quantitative estimate of drug-likeness (QED) is 0.823. The van der Waals surface area contributed by atoms with E-state index in [0.717, 1.165) is 36.1 Å². The molecule has 1 saturated carbocycles. The molecule has 2 atom stereocenters. The van der Waals surface area contributed by atoms with Gasteiger partial charge < -0.3 is 0 Å². The first-order chi connectivity index (χ1) is 8.16. The number of carbonyl (C=O) groups excluding carboxylic acids is 1. The molecule has 0 aromatic heterocycles. The lowest BCUT2D eigenvalue weighted by Gasteiger charge is -2.07. The number of benzene rings is 1. The van der Waals surface area contributed by atoms with Crippen molar-refractivity contribution in [3.63, 3.8) is 0 Å². The van der Waals surface area contributed by atoms with Gasteiger partial charge in [0, 0.05) is 23.0 Å². The molecule has 0 heterocycles. The number of carbonyl (C=O) groups is 1. The van der Waals surface area contributed by atoms with E-state index in [1.807, 2.05) is 31.2 Å². The molecule has 1 aliphatic rings. The van der Waals surface area contributed by atoms with Crippen LogP contribution in [0.1, 0.15) is 31.2 Å². The average molecular weight is 250 g/mol. The molecule has 1 aromatic carbocycles. The summed E-state index contributed by atoms with van der Waals surface area (Å²) in [5.41, 5.74) is 1.13. The fourth-order valence-corrected chi connectivity index (χ4v) is 3.60. The molecule has 0 saturated heterocycles. The molecule has 0 bridgehead atoms. The van der Waals surface area contributed by atoms with Crippen molar-refractivity contribution in [3.05, 3.63) is 29.8 Å². The first-order valence-electron chi connectivity index (χ1n) is 6.14. The van der Waals surface area contributed by atoms with Gasteiger partial charge in [0.1, 0.15) is 5.78 Å². The van der Waals surface area contributed by atoms with Crippen LogP contribution in [-0.4, -0.2) is 15.7 Å². The van der Waals surface area contributed by atoms with Gasteiger partial charge in [0.25, 0.3) is 0 Å². The second-order valence-electron chi connectivity index (χ2n) is 4.71. The Labute approximate surface area is 105 Å². The highest BCUT2D eigenvalue weighted by atomic mass is 32.2. The average Bonchev–Trinajstić information content (AvgIpc) is 2.72. The van der Waals surface area contributed by atoms with Gasteiger partial charge in [-0.05, 0) is 43.9 Å². The van der Waals surface area contributed by atoms with Crippen molar-refractivity contribution in [2.75, 3.05) is 5.75 Å². The van der Waals surface area contributed by atoms with Crippen molar-refractivity contribution in [2.24, 2.45) is 5.92 Å². The highest BCUT2D eigenvalue weighted by Gasteiger charge is 2.24. The summed E-state index contributed by atoms with van der Waals surface area (Å²) in [6.45, 7) is 2.00. The lowest BCUT2D eigenvalue weighted by molar-refractivity contribution is -0.120. The molecule has 92 valence electrons. The molecule has 2 rings (SSSR count). The largest absolute Gasteiger partial charge is 0.299 e. The van der Waals surface area contributed by atoms with Gasteiger partial charge in [-0.1, -0.05) is 12.1 Å². The Hall–Kier alpha value is -0.960. The van der Waals surface area contributed by atoms with E-state index in [4.69, 9.17) is 0 Å². The third kappa shape index (κ3) is 3.25. The molecule has 1 aromatic rings. The fourth-order valence-electron chi connectivity index (χ4n) is 2.32. The van der Waals surface area contributed by atoms with Crippen molar-refractivity contribution >= 4 is 16.6 Å². The Morgan fingerprint density at radius 1 is 1.41 bits per heavy atom. The van der Waals surface area contributed by atoms with Crippen molar-refractivity contribution in [1.82, 2.24) is 0 Å². The maximum atomic E-state index is 12.1. The lowest BCUT2D eigenvalue weighted by Crippen LogP contribution is -2.10. The molecular weight excluding hydrogens is 232 g/mol. The molecule has 0 spiro atoms. The number of Topliss-reactive ketones (excluding diaryl/α,β-unsaturated/α-hetero) is 1. The fraction of sp³-hybridized carbons (Fsp3) is 0.500. The Kier molecular flexibility index (Phi) is 4.11. The van der Waals surface area contributed by atoms with Crippen LogP contribution in [0.5, 0.6) is 0 Å². The van der Waals surface area contributed by atoms with E-state index in [-0.39, 0.29) is 5.92 Å². The summed E-state index contributed by atoms with van der Waals surface area (Å²) in [5.74, 6) is 1.15. The first kappa shape index (κ1) is 12.5. The highest BCUT2D eigenvalue weighted by molar-refractivity contribution is 7.85. The van der Waals surface area contributed by atoms with E-state index < -0.39 is 10.8 Å². The summed E-state index contributed by atoms with van der Waals surface area (Å²) in [6.07, 6.45) is 3.51. The third-order valence-electron chi connectivity index (χ3n) is 3.34. The van der Waals surface area contributed by atoms with Gasteiger partial charge in [-0.2, -0.15) is 0 Å². The molecule has 0 amide bonds. The topological polar surface area (TPSA) is 34.1 Å². The van der Waals surface area contributed by atoms with E-state index in [9.17, 15) is 9.00 Å². The second-order valence-corrected chi connectivity index (χ2v) is 6.28. The Balaban J connectivity index is 1.91. The number of hydrogen-bond acceptors (Lipinski definition) is 2. The first-order valence-corrected chi connectivity index (χ1v) is 7.46. The van der Waals surface area contributed by atoms with Crippen molar-refractivity contribution in [1.29, 1.82) is 0 Å². The van der Waals surface area contributed by atoms with Crippen LogP contribution in [-0.2, 0) is 15.6 Å². The van der Waals surface area contributed by atoms with E-state index in [0.29, 0.717) is 11.5 Å². The Bertz CT molecular complexity index is 440. The van der Waals surface area contributed by atoms with Crippen LogP contribution in [0.25, 0.3) is 0 Å². The molecule has 0 N–H and O–H groups in total. The van der Waals surface area contributed by atoms with Gasteiger partial charge >= 0.3 is 0 Å². The van der Waals surface area contributed by atoms with Crippen LogP contribution < -0.4 is 0 Å². The van der Waals surface area contributed by atoms with E-state index in [1.54, 1.807) is 0 Å². The lowest BCUT2D eigenvalue weighted by atomic mass is 10.1. The molecule has 1 aliphatic carbocycles. The minimum absolute atomic E-state index is 0.170. The molecule has 0 radical (unpaired) electrons. The van der Waals surface area contributed by atoms with Gasteiger partial charge in [0.2, 0.25) is 0 Å². The summed E-state index contributed by atoms with van der Waals surface area (Å²) < 4.78 is 12.1. The van der Waals surface area contributed by atoms with Gasteiger partial charge in [-0.3, -0.25) is 9.00 Å². The van der Waals surface area contributed by atoms with Gasteiger partial charge in [0.15, 0.2) is 0 Å². The van der Waals surface area contributed by atoms with Crippen LogP contribution in [0.2, 0.25) is 0 Å². The van der Waals surface area contributed by atoms with Gasteiger partial charge in [0.05, 0.1) is 10.8 Å². The molecule has 3 heteroatoms. The summed E-state index contributed by atoms with van der Waals surface area (Å²) in [4.78, 5) is 12.4. The smallest absolute Gasteiger partial charge is 0.136 e. The van der Waals surface area contributed by atoms with Crippen LogP contribution >= 0.6 is 0 Å². The standard InChI is InChI=1S/C14H18O2S/c1-11-4-2-6-13(10-11)17(16)9-8-12-5-3-7-14(12)15/h2,4,6,10,12H,3,5,7-9H2,1H3. The van der Waals surface area contributed by atoms with Crippen LogP contribution in [0.4, 0.5) is 0 Å². The van der Waals surface area contributed by atoms with E-state index in [2.05, 4.69) is 0 Å². The molecule has 1 fully saturated rings. The molecule has 0 aliphatic heterocycles. The SMILES string of the molecule is Cc1cccc(S(=O)CCC2CCCC2=O)c1. The molecule has 2 nitrogen and oxygen atoms in total. The van der Waals surface area contributed by atoms with Crippen molar-refractivity contribution in [2.45, 2.75) is 37.5 Å². The zero-order valence-corrected chi connectivity index (χ0v) is 11.0. The molecule has 17 heavy (non-hydrogen) atoms. The summed E-state index contributed by atoms with van der Waals surface area (Å²) in [6, 6.07) is 7.80. The molecular formula is C14H18O2S. The summed E-state index contributed by atoms with van der Waals surface area (Å²) in [5, 5.41) is 0. The van der Waals surface area contributed by atoms with Crippen LogP contribution in [0, 0.1) is 12.8 Å². The summed E-state index contributed by atoms with van der Waals surface area (Å²) >= 11 is 0. The predicted octanol–water partition coefficient (Wildman–Crippen LogP) is 2.86. The van der Waals surface area contributed by atoms with E-state index in [1.165, 1.54) is 0 Å². The monoisotopic (exact) mass is 250 g/mol. The van der Waals surface area contributed by atoms with Crippen molar-refractivity contribution in [3.8, 4) is 0 Å². The molecule has 2 unspecified atom stereocenters. The van der Waals surface area contributed by atoms with E-state index >= 15 is 0 Å². The zero-order valence-electron chi connectivity index (χ0n) is 10.1. The number of ketones is 1. The second kappa shape index (κ2) is 5.58. The van der Waals surface area contributed by atoms with Crippen LogP contribution in [0.3, 0.4) is 0 Å². The van der Waals surface area contributed by atoms with Gasteiger partial charge in [-0.15, -0.1) is 0 Å². The zero-order chi connectivity index (χ0) is 12.3. The minimum atomic E-state index is -0.957. The maximum absolute atomic E-state index is 12.1. The maximum Gasteiger partial charge on any atom is 0.136 e. The third-order valence-corrected chi connectivity index (χ3v) is 4.72. The number of aryl methyl sites for hydroxylation is 1. The number of hydrogen-bond donors (Lipinski definition) is 0. The number of rotatable bonds is 4. The minimum Gasteiger partial charge on any atom is -0.299 e. The Morgan fingerprint density at radius 3 is 2.88 bits per heavy atom. The normalized spacial score (nSPS) is 21.7. The summed E-state index contributed by atoms with van der Waals surface area (Å²) in [7, 11) is -0.957. The highest BCUT2D eigenvalue weighted by Crippen LogP contribution is 2.25.